The van der Waals surface area contributed by atoms with Crippen molar-refractivity contribution in [2.24, 2.45) is 5.92 Å². The van der Waals surface area contributed by atoms with Crippen molar-refractivity contribution in [3.05, 3.63) is 23.5 Å². The molecule has 0 saturated carbocycles. The van der Waals surface area contributed by atoms with Crippen LogP contribution in [-0.2, 0) is 9.53 Å². The van der Waals surface area contributed by atoms with Gasteiger partial charge in [0.1, 0.15) is 12.5 Å². The summed E-state index contributed by atoms with van der Waals surface area (Å²) in [5, 5.41) is 16.5. The van der Waals surface area contributed by atoms with Gasteiger partial charge in [0.15, 0.2) is 0 Å². The molecule has 0 bridgehead atoms. The van der Waals surface area contributed by atoms with Crippen LogP contribution in [0, 0.1) is 5.92 Å². The molecule has 0 aliphatic rings. The van der Waals surface area contributed by atoms with Gasteiger partial charge in [-0.2, -0.15) is 0 Å². The largest absolute Gasteiger partial charge is 0.386 e. The van der Waals surface area contributed by atoms with Crippen molar-refractivity contribution in [3.8, 4) is 0 Å². The van der Waals surface area contributed by atoms with E-state index in [-0.39, 0.29) is 18.1 Å². The number of hydrogen-bond donors (Lipinski definition) is 3. The normalized spacial score (nSPS) is 15.5. The van der Waals surface area contributed by atoms with Crippen LogP contribution in [-0.4, -0.2) is 36.4 Å². The number of allylic oxidation sites excluding steroid dienone is 4. The zero-order chi connectivity index (χ0) is 18.5. The molecule has 5 nitrogen and oxygen atoms in total. The van der Waals surface area contributed by atoms with Gasteiger partial charge >= 0.3 is 0 Å². The number of aldehydes is 1. The molecule has 0 heterocycles. The van der Waals surface area contributed by atoms with Crippen molar-refractivity contribution in [1.82, 2.24) is 10.6 Å². The second kappa shape index (κ2) is 13.0. The summed E-state index contributed by atoms with van der Waals surface area (Å²) in [7, 11) is 0. The van der Waals surface area contributed by atoms with Gasteiger partial charge in [0, 0.05) is 24.4 Å². The van der Waals surface area contributed by atoms with Gasteiger partial charge in [-0.05, 0) is 58.6 Å². The van der Waals surface area contributed by atoms with Crippen LogP contribution in [0.5, 0.6) is 0 Å². The fourth-order valence-corrected chi connectivity index (χ4v) is 2.16. The maximum Gasteiger partial charge on any atom is 0.124 e. The minimum absolute atomic E-state index is 0.152. The van der Waals surface area contributed by atoms with Crippen LogP contribution in [0.4, 0.5) is 0 Å². The first-order valence-electron chi connectivity index (χ1n) is 8.92. The summed E-state index contributed by atoms with van der Waals surface area (Å²) in [6.07, 6.45) is 6.36. The van der Waals surface area contributed by atoms with Gasteiger partial charge in [0.25, 0.3) is 0 Å². The lowest BCUT2D eigenvalue weighted by Gasteiger charge is -2.19. The Balaban J connectivity index is 4.50. The molecule has 5 heteroatoms. The summed E-state index contributed by atoms with van der Waals surface area (Å²) in [4.78, 5) is 10.3. The molecule has 0 amide bonds. The van der Waals surface area contributed by atoms with Gasteiger partial charge < -0.3 is 25.3 Å². The summed E-state index contributed by atoms with van der Waals surface area (Å²) in [6.45, 7) is 13.0. The fourth-order valence-electron chi connectivity index (χ4n) is 2.16. The van der Waals surface area contributed by atoms with E-state index in [9.17, 15) is 9.90 Å². The van der Waals surface area contributed by atoms with Crippen LogP contribution in [0.2, 0.25) is 0 Å². The first kappa shape index (κ1) is 22.7. The maximum absolute atomic E-state index is 10.3. The minimum Gasteiger partial charge on any atom is -0.386 e. The predicted octanol–water partition coefficient (Wildman–Crippen LogP) is 3.11. The summed E-state index contributed by atoms with van der Waals surface area (Å²) >= 11 is 0. The molecule has 0 radical (unpaired) electrons. The first-order chi connectivity index (χ1) is 11.3. The Hall–Kier alpha value is -1.33. The molecule has 0 aromatic rings. The van der Waals surface area contributed by atoms with Crippen LogP contribution < -0.4 is 10.6 Å². The van der Waals surface area contributed by atoms with Gasteiger partial charge in [-0.1, -0.05) is 13.8 Å². The molecule has 2 atom stereocenters. The monoisotopic (exact) mass is 340 g/mol. The lowest BCUT2D eigenvalue weighted by atomic mass is 10.1. The Bertz CT molecular complexity index is 403. The van der Waals surface area contributed by atoms with Gasteiger partial charge in [0.05, 0.1) is 12.2 Å². The highest BCUT2D eigenvalue weighted by Crippen LogP contribution is 2.09. The van der Waals surface area contributed by atoms with E-state index in [4.69, 9.17) is 4.74 Å². The number of aliphatic hydroxyl groups is 1. The molecule has 0 aromatic heterocycles. The number of carbonyl (C=O) groups excluding carboxylic acids is 1. The number of aliphatic hydroxyl groups excluding tert-OH is 1. The molecule has 24 heavy (non-hydrogen) atoms. The minimum atomic E-state index is -0.625. The van der Waals surface area contributed by atoms with Crippen LogP contribution >= 0.6 is 0 Å². The molecule has 0 aliphatic carbocycles. The van der Waals surface area contributed by atoms with Crippen molar-refractivity contribution >= 4 is 6.29 Å². The van der Waals surface area contributed by atoms with Crippen molar-refractivity contribution in [2.75, 3.05) is 6.54 Å². The highest BCUT2D eigenvalue weighted by atomic mass is 16.5. The van der Waals surface area contributed by atoms with E-state index in [1.807, 2.05) is 39.8 Å². The predicted molar refractivity (Wildman–Crippen MR) is 99.4 cm³/mol. The standard InChI is InChI=1S/C19H36N2O3/c1-14(2)18(21-19(23)9-7-8-12-22)11-10-16(5)20-13-17(6)24-15(3)4/h10-12,14-15,17,19-21,23H,7-9,13H2,1-6H3/b16-10+,18-11+. The van der Waals surface area contributed by atoms with E-state index in [0.29, 0.717) is 19.3 Å². The van der Waals surface area contributed by atoms with Gasteiger partial charge in [-0.3, -0.25) is 0 Å². The molecule has 0 aromatic carbocycles. The van der Waals surface area contributed by atoms with Crippen molar-refractivity contribution in [1.29, 1.82) is 0 Å². The summed E-state index contributed by atoms with van der Waals surface area (Å²) in [5.41, 5.74) is 2.02. The molecular weight excluding hydrogens is 304 g/mol. The SMILES string of the molecule is C/C(=C\C=C(\NC(O)CCCC=O)C(C)C)NCC(C)OC(C)C. The second-order valence-corrected chi connectivity index (χ2v) is 6.76. The quantitative estimate of drug-likeness (QED) is 0.208. The fraction of sp³-hybridized carbons (Fsp3) is 0.737. The third kappa shape index (κ3) is 12.1. The van der Waals surface area contributed by atoms with Gasteiger partial charge in [-0.25, -0.2) is 0 Å². The van der Waals surface area contributed by atoms with Crippen molar-refractivity contribution < 1.29 is 14.6 Å². The average molecular weight is 341 g/mol. The molecule has 3 N–H and O–H groups in total. The topological polar surface area (TPSA) is 70.6 Å². The Morgan fingerprint density at radius 3 is 2.38 bits per heavy atom. The smallest absolute Gasteiger partial charge is 0.124 e. The van der Waals surface area contributed by atoms with E-state index >= 15 is 0 Å². The number of hydrogen-bond acceptors (Lipinski definition) is 5. The molecule has 0 saturated heterocycles. The number of rotatable bonds is 13. The average Bonchev–Trinajstić information content (AvgIpc) is 2.48. The van der Waals surface area contributed by atoms with Crippen molar-refractivity contribution in [2.45, 2.75) is 79.2 Å². The molecule has 140 valence electrons. The Kier molecular flexibility index (Phi) is 12.3. The highest BCUT2D eigenvalue weighted by molar-refractivity contribution is 5.48. The summed E-state index contributed by atoms with van der Waals surface area (Å²) < 4.78 is 5.69. The third-order valence-electron chi connectivity index (χ3n) is 3.44. The molecule has 0 aliphatic heterocycles. The van der Waals surface area contributed by atoms with Crippen LogP contribution in [0.1, 0.15) is 60.8 Å². The number of nitrogens with one attached hydrogen (secondary N) is 2. The summed E-state index contributed by atoms with van der Waals surface area (Å²) in [6, 6.07) is 0. The third-order valence-corrected chi connectivity index (χ3v) is 3.44. The molecule has 0 fully saturated rings. The van der Waals surface area contributed by atoms with E-state index in [1.165, 1.54) is 0 Å². The van der Waals surface area contributed by atoms with Crippen LogP contribution in [0.3, 0.4) is 0 Å². The van der Waals surface area contributed by atoms with Crippen LogP contribution in [0.25, 0.3) is 0 Å². The van der Waals surface area contributed by atoms with Crippen molar-refractivity contribution in [3.63, 3.8) is 0 Å². The lowest BCUT2D eigenvalue weighted by molar-refractivity contribution is -0.108. The summed E-state index contributed by atoms with van der Waals surface area (Å²) in [5.74, 6) is 0.276. The van der Waals surface area contributed by atoms with E-state index in [1.54, 1.807) is 0 Å². The Morgan fingerprint density at radius 2 is 1.83 bits per heavy atom. The van der Waals surface area contributed by atoms with E-state index in [2.05, 4.69) is 24.5 Å². The Morgan fingerprint density at radius 1 is 1.17 bits per heavy atom. The zero-order valence-electron chi connectivity index (χ0n) is 16.1. The van der Waals surface area contributed by atoms with E-state index in [0.717, 1.165) is 24.2 Å². The highest BCUT2D eigenvalue weighted by Gasteiger charge is 2.08. The van der Waals surface area contributed by atoms with Gasteiger partial charge in [0.2, 0.25) is 0 Å². The zero-order valence-corrected chi connectivity index (χ0v) is 16.1. The first-order valence-corrected chi connectivity index (χ1v) is 8.92. The lowest BCUT2D eigenvalue weighted by Crippen LogP contribution is -2.30. The molecule has 2 unspecified atom stereocenters. The number of ether oxygens (including phenoxy) is 1. The van der Waals surface area contributed by atoms with Gasteiger partial charge in [-0.15, -0.1) is 0 Å². The van der Waals surface area contributed by atoms with E-state index < -0.39 is 6.23 Å². The maximum atomic E-state index is 10.3. The number of carbonyl (C=O) groups is 1. The Labute approximate surface area is 147 Å². The van der Waals surface area contributed by atoms with Crippen LogP contribution in [0.15, 0.2) is 23.5 Å². The second-order valence-electron chi connectivity index (χ2n) is 6.76. The number of unbranched alkanes of at least 4 members (excludes halogenated alkanes) is 1. The molecule has 0 rings (SSSR count). The molecule has 0 spiro atoms. The molecular formula is C19H36N2O3.